The van der Waals surface area contributed by atoms with Crippen LogP contribution in [0.1, 0.15) is 19.0 Å². The molecule has 76 valence electrons. The molecule has 1 aromatic heterocycles. The molecule has 2 heterocycles. The zero-order valence-corrected chi connectivity index (χ0v) is 8.35. The van der Waals surface area contributed by atoms with Gasteiger partial charge < -0.3 is 10.0 Å². The van der Waals surface area contributed by atoms with Gasteiger partial charge in [-0.05, 0) is 12.3 Å². The van der Waals surface area contributed by atoms with Crippen molar-refractivity contribution < 1.29 is 5.11 Å². The summed E-state index contributed by atoms with van der Waals surface area (Å²) in [7, 11) is 0. The SMILES string of the molecule is CC1CCN(c2cncc(CO)n2)C1. The zero-order valence-electron chi connectivity index (χ0n) is 8.35. The molecule has 0 bridgehead atoms. The van der Waals surface area contributed by atoms with E-state index in [1.807, 2.05) is 0 Å². The molecule has 1 aromatic rings. The van der Waals surface area contributed by atoms with Gasteiger partial charge in [0.15, 0.2) is 0 Å². The van der Waals surface area contributed by atoms with Gasteiger partial charge in [-0.25, -0.2) is 4.98 Å². The van der Waals surface area contributed by atoms with Gasteiger partial charge in [-0.2, -0.15) is 0 Å². The normalized spacial score (nSPS) is 21.6. The van der Waals surface area contributed by atoms with Crippen molar-refractivity contribution >= 4 is 5.82 Å². The van der Waals surface area contributed by atoms with Gasteiger partial charge in [0, 0.05) is 13.1 Å². The summed E-state index contributed by atoms with van der Waals surface area (Å²) in [6.45, 7) is 4.29. The highest BCUT2D eigenvalue weighted by Gasteiger charge is 2.19. The van der Waals surface area contributed by atoms with Crippen LogP contribution in [0.4, 0.5) is 5.82 Å². The molecule has 1 aliphatic heterocycles. The van der Waals surface area contributed by atoms with E-state index in [0.717, 1.165) is 24.8 Å². The minimum Gasteiger partial charge on any atom is -0.390 e. The van der Waals surface area contributed by atoms with Crippen molar-refractivity contribution in [3.05, 3.63) is 18.1 Å². The van der Waals surface area contributed by atoms with Crippen molar-refractivity contribution in [1.29, 1.82) is 0 Å². The Morgan fingerprint density at radius 2 is 2.43 bits per heavy atom. The van der Waals surface area contributed by atoms with Crippen LogP contribution in [0.2, 0.25) is 0 Å². The predicted molar refractivity (Wildman–Crippen MR) is 53.9 cm³/mol. The second-order valence-electron chi connectivity index (χ2n) is 3.87. The first-order valence-corrected chi connectivity index (χ1v) is 4.96. The summed E-state index contributed by atoms with van der Waals surface area (Å²) in [5.41, 5.74) is 0.641. The number of aliphatic hydroxyl groups excluding tert-OH is 1. The van der Waals surface area contributed by atoms with Crippen molar-refractivity contribution in [2.45, 2.75) is 20.0 Å². The molecule has 14 heavy (non-hydrogen) atoms. The lowest BCUT2D eigenvalue weighted by Gasteiger charge is -2.16. The fraction of sp³-hybridized carbons (Fsp3) is 0.600. The van der Waals surface area contributed by atoms with E-state index in [1.165, 1.54) is 6.42 Å². The van der Waals surface area contributed by atoms with E-state index in [9.17, 15) is 0 Å². The standard InChI is InChI=1S/C10H15N3O/c1-8-2-3-13(6-8)10-5-11-4-9(7-14)12-10/h4-5,8,14H,2-3,6-7H2,1H3. The molecule has 0 aromatic carbocycles. The molecule has 4 nitrogen and oxygen atoms in total. The Hall–Kier alpha value is -1.16. The maximum Gasteiger partial charge on any atom is 0.147 e. The fourth-order valence-electron chi connectivity index (χ4n) is 1.77. The molecule has 1 aliphatic rings. The molecular formula is C10H15N3O. The second-order valence-corrected chi connectivity index (χ2v) is 3.87. The summed E-state index contributed by atoms with van der Waals surface area (Å²) in [6, 6.07) is 0. The third kappa shape index (κ3) is 1.85. The Balaban J connectivity index is 2.15. The van der Waals surface area contributed by atoms with Gasteiger partial charge in [-0.1, -0.05) is 6.92 Å². The van der Waals surface area contributed by atoms with E-state index in [1.54, 1.807) is 12.4 Å². The molecular weight excluding hydrogens is 178 g/mol. The molecule has 0 amide bonds. The van der Waals surface area contributed by atoms with Crippen LogP contribution >= 0.6 is 0 Å². The molecule has 0 radical (unpaired) electrons. The minimum atomic E-state index is -0.0375. The Labute approximate surface area is 83.6 Å². The molecule has 4 heteroatoms. The topological polar surface area (TPSA) is 49.2 Å². The highest BCUT2D eigenvalue weighted by molar-refractivity contribution is 5.37. The van der Waals surface area contributed by atoms with Crippen LogP contribution < -0.4 is 4.90 Å². The Morgan fingerprint density at radius 1 is 1.57 bits per heavy atom. The summed E-state index contributed by atoms with van der Waals surface area (Å²) in [6.07, 6.45) is 4.57. The Morgan fingerprint density at radius 3 is 3.07 bits per heavy atom. The lowest BCUT2D eigenvalue weighted by Crippen LogP contribution is -2.20. The smallest absolute Gasteiger partial charge is 0.147 e. The predicted octanol–water partition coefficient (Wildman–Crippen LogP) is 0.815. The summed E-state index contributed by atoms with van der Waals surface area (Å²) in [5, 5.41) is 8.94. The number of aromatic nitrogens is 2. The summed E-state index contributed by atoms with van der Waals surface area (Å²) in [5.74, 6) is 1.62. The van der Waals surface area contributed by atoms with E-state index in [0.29, 0.717) is 5.69 Å². The first kappa shape index (κ1) is 9.40. The number of hydrogen-bond acceptors (Lipinski definition) is 4. The van der Waals surface area contributed by atoms with Crippen molar-refractivity contribution in [3.63, 3.8) is 0 Å². The van der Waals surface area contributed by atoms with Crippen molar-refractivity contribution in [2.24, 2.45) is 5.92 Å². The lowest BCUT2D eigenvalue weighted by atomic mass is 10.2. The van der Waals surface area contributed by atoms with Gasteiger partial charge in [0.05, 0.1) is 24.7 Å². The molecule has 1 fully saturated rings. The van der Waals surface area contributed by atoms with Crippen molar-refractivity contribution in [2.75, 3.05) is 18.0 Å². The summed E-state index contributed by atoms with van der Waals surface area (Å²) in [4.78, 5) is 10.6. The summed E-state index contributed by atoms with van der Waals surface area (Å²) >= 11 is 0. The second kappa shape index (κ2) is 3.92. The quantitative estimate of drug-likeness (QED) is 0.755. The molecule has 0 saturated carbocycles. The Bertz CT molecular complexity index is 316. The largest absolute Gasteiger partial charge is 0.390 e. The fourth-order valence-corrected chi connectivity index (χ4v) is 1.77. The minimum absolute atomic E-state index is 0.0375. The molecule has 0 aliphatic carbocycles. The van der Waals surface area contributed by atoms with Gasteiger partial charge in [-0.15, -0.1) is 0 Å². The maximum absolute atomic E-state index is 8.94. The molecule has 0 spiro atoms. The van der Waals surface area contributed by atoms with Crippen molar-refractivity contribution in [1.82, 2.24) is 9.97 Å². The van der Waals surface area contributed by atoms with Crippen LogP contribution in [-0.2, 0) is 6.61 Å². The molecule has 1 unspecified atom stereocenters. The van der Waals surface area contributed by atoms with Gasteiger partial charge in [0.2, 0.25) is 0 Å². The maximum atomic E-state index is 8.94. The van der Waals surface area contributed by atoms with Crippen LogP contribution in [0.15, 0.2) is 12.4 Å². The number of anilines is 1. The summed E-state index contributed by atoms with van der Waals surface area (Å²) < 4.78 is 0. The van der Waals surface area contributed by atoms with Crippen molar-refractivity contribution in [3.8, 4) is 0 Å². The van der Waals surface area contributed by atoms with Crippen LogP contribution in [0, 0.1) is 5.92 Å². The third-order valence-electron chi connectivity index (χ3n) is 2.58. The number of nitrogens with zero attached hydrogens (tertiary/aromatic N) is 3. The number of hydrogen-bond donors (Lipinski definition) is 1. The third-order valence-corrected chi connectivity index (χ3v) is 2.58. The molecule has 1 saturated heterocycles. The lowest BCUT2D eigenvalue weighted by molar-refractivity contribution is 0.276. The monoisotopic (exact) mass is 193 g/mol. The van der Waals surface area contributed by atoms with Gasteiger partial charge in [0.1, 0.15) is 5.82 Å². The molecule has 1 atom stereocenters. The highest BCUT2D eigenvalue weighted by Crippen LogP contribution is 2.20. The van der Waals surface area contributed by atoms with Crippen LogP contribution in [0.3, 0.4) is 0 Å². The average Bonchev–Trinajstić information content (AvgIpc) is 2.65. The average molecular weight is 193 g/mol. The van der Waals surface area contributed by atoms with Gasteiger partial charge >= 0.3 is 0 Å². The number of rotatable bonds is 2. The van der Waals surface area contributed by atoms with Gasteiger partial charge in [-0.3, -0.25) is 4.98 Å². The highest BCUT2D eigenvalue weighted by atomic mass is 16.3. The van der Waals surface area contributed by atoms with Gasteiger partial charge in [0.25, 0.3) is 0 Å². The van der Waals surface area contributed by atoms with Crippen LogP contribution in [0.5, 0.6) is 0 Å². The van der Waals surface area contributed by atoms with Crippen LogP contribution in [0.25, 0.3) is 0 Å². The van der Waals surface area contributed by atoms with Crippen LogP contribution in [-0.4, -0.2) is 28.2 Å². The molecule has 1 N–H and O–H groups in total. The van der Waals surface area contributed by atoms with E-state index in [-0.39, 0.29) is 6.61 Å². The molecule has 2 rings (SSSR count). The Kier molecular flexibility index (Phi) is 2.63. The zero-order chi connectivity index (χ0) is 9.97. The first-order chi connectivity index (χ1) is 6.79. The van der Waals surface area contributed by atoms with E-state index in [4.69, 9.17) is 5.11 Å². The van der Waals surface area contributed by atoms with E-state index < -0.39 is 0 Å². The van der Waals surface area contributed by atoms with E-state index >= 15 is 0 Å². The first-order valence-electron chi connectivity index (χ1n) is 4.96. The van der Waals surface area contributed by atoms with E-state index in [2.05, 4.69) is 21.8 Å². The number of aliphatic hydroxyl groups is 1.